The number of aryl methyl sites for hydroxylation is 1. The van der Waals surface area contributed by atoms with Crippen molar-refractivity contribution in [2.24, 2.45) is 5.92 Å². The number of nitrogens with one attached hydrogen (secondary N) is 1. The zero-order valence-corrected chi connectivity index (χ0v) is 17.3. The summed E-state index contributed by atoms with van der Waals surface area (Å²) in [5, 5.41) is 3.48. The number of likely N-dealkylation sites (tertiary alicyclic amines) is 1. The van der Waals surface area contributed by atoms with Crippen molar-refractivity contribution in [3.63, 3.8) is 0 Å². The van der Waals surface area contributed by atoms with Gasteiger partial charge < -0.3 is 15.0 Å². The van der Waals surface area contributed by atoms with E-state index < -0.39 is 0 Å². The Morgan fingerprint density at radius 3 is 2.69 bits per heavy atom. The van der Waals surface area contributed by atoms with E-state index in [1.165, 1.54) is 19.2 Å². The van der Waals surface area contributed by atoms with Gasteiger partial charge in [-0.15, -0.1) is 0 Å². The number of ether oxygens (including phenoxy) is 1. The Morgan fingerprint density at radius 1 is 1.28 bits per heavy atom. The van der Waals surface area contributed by atoms with Crippen molar-refractivity contribution >= 4 is 29.1 Å². The molecule has 29 heavy (non-hydrogen) atoms. The van der Waals surface area contributed by atoms with Gasteiger partial charge in [-0.05, 0) is 49.1 Å². The molecule has 7 heteroatoms. The predicted octanol–water partition coefficient (Wildman–Crippen LogP) is 4.22. The monoisotopic (exact) mass is 418 g/mol. The molecule has 1 aliphatic rings. The van der Waals surface area contributed by atoms with Gasteiger partial charge in [0.15, 0.2) is 0 Å². The Kier molecular flexibility index (Phi) is 6.75. The molecule has 154 valence electrons. The molecular weight excluding hydrogens is 395 g/mol. The average Bonchev–Trinajstić information content (AvgIpc) is 2.72. The minimum atomic E-state index is -0.330. The highest BCUT2D eigenvalue weighted by atomic mass is 35.5. The van der Waals surface area contributed by atoms with E-state index in [4.69, 9.17) is 16.3 Å². The fourth-order valence-corrected chi connectivity index (χ4v) is 3.62. The lowest BCUT2D eigenvalue weighted by atomic mass is 9.96. The summed E-state index contributed by atoms with van der Waals surface area (Å²) in [5.41, 5.74) is 2.15. The first-order valence-electron chi connectivity index (χ1n) is 9.54. The fourth-order valence-electron chi connectivity index (χ4n) is 3.47. The van der Waals surface area contributed by atoms with E-state index in [1.54, 1.807) is 29.2 Å². The third-order valence-electron chi connectivity index (χ3n) is 5.15. The number of nitrogens with zero attached hydrogens (tertiary/aromatic N) is 1. The van der Waals surface area contributed by atoms with Gasteiger partial charge in [0.05, 0.1) is 25.1 Å². The molecule has 1 N–H and O–H groups in total. The highest BCUT2D eigenvalue weighted by Gasteiger charge is 2.29. The van der Waals surface area contributed by atoms with E-state index in [2.05, 4.69) is 5.32 Å². The molecule has 0 saturated carbocycles. The Labute approximate surface area is 174 Å². The van der Waals surface area contributed by atoms with Crippen LogP contribution in [0.2, 0.25) is 5.02 Å². The molecular formula is C22H24ClFN2O3. The number of piperidine rings is 1. The lowest BCUT2D eigenvalue weighted by Gasteiger charge is -2.32. The Hall–Kier alpha value is -2.60. The van der Waals surface area contributed by atoms with Crippen LogP contribution in [-0.2, 0) is 16.0 Å². The van der Waals surface area contributed by atoms with E-state index in [0.717, 1.165) is 17.5 Å². The first-order chi connectivity index (χ1) is 13.9. The first kappa shape index (κ1) is 21.1. The summed E-state index contributed by atoms with van der Waals surface area (Å²) in [6, 6.07) is 9.35. The van der Waals surface area contributed by atoms with Crippen molar-refractivity contribution in [2.45, 2.75) is 26.2 Å². The number of anilines is 1. The van der Waals surface area contributed by atoms with Crippen molar-refractivity contribution in [3.05, 3.63) is 58.4 Å². The van der Waals surface area contributed by atoms with Crippen LogP contribution in [0.1, 0.15) is 24.0 Å². The van der Waals surface area contributed by atoms with Crippen LogP contribution in [0.5, 0.6) is 5.75 Å². The maximum absolute atomic E-state index is 13.0. The van der Waals surface area contributed by atoms with Gasteiger partial charge in [0.25, 0.3) is 0 Å². The molecule has 1 atom stereocenters. The number of rotatable bonds is 5. The largest absolute Gasteiger partial charge is 0.495 e. The smallest absolute Gasteiger partial charge is 0.229 e. The van der Waals surface area contributed by atoms with Gasteiger partial charge in [-0.2, -0.15) is 0 Å². The van der Waals surface area contributed by atoms with E-state index in [1.807, 2.05) is 6.92 Å². The van der Waals surface area contributed by atoms with Gasteiger partial charge >= 0.3 is 0 Å². The van der Waals surface area contributed by atoms with Crippen molar-refractivity contribution in [1.29, 1.82) is 0 Å². The molecule has 0 spiro atoms. The van der Waals surface area contributed by atoms with E-state index in [-0.39, 0.29) is 30.0 Å². The molecule has 1 aliphatic heterocycles. The van der Waals surface area contributed by atoms with Crippen LogP contribution in [0.15, 0.2) is 36.4 Å². The molecule has 2 aromatic rings. The molecule has 0 aliphatic carbocycles. The topological polar surface area (TPSA) is 58.6 Å². The second-order valence-corrected chi connectivity index (χ2v) is 7.68. The summed E-state index contributed by atoms with van der Waals surface area (Å²) in [6.07, 6.45) is 1.66. The number of hydrogen-bond acceptors (Lipinski definition) is 3. The molecule has 5 nitrogen and oxygen atoms in total. The standard InChI is InChI=1S/C22H24ClFN2O3/c1-14-10-19(20(29-2)12-18(14)23)25-22(28)16-4-3-9-26(13-16)21(27)11-15-5-7-17(24)8-6-15/h5-8,10,12,16H,3-4,9,11,13H2,1-2H3,(H,25,28). The Bertz CT molecular complexity index is 902. The molecule has 1 unspecified atom stereocenters. The second-order valence-electron chi connectivity index (χ2n) is 7.27. The van der Waals surface area contributed by atoms with Crippen LogP contribution in [0, 0.1) is 18.7 Å². The first-order valence-corrected chi connectivity index (χ1v) is 9.92. The molecule has 0 radical (unpaired) electrons. The predicted molar refractivity (Wildman–Crippen MR) is 111 cm³/mol. The van der Waals surface area contributed by atoms with Gasteiger partial charge in [-0.3, -0.25) is 9.59 Å². The van der Waals surface area contributed by atoms with E-state index >= 15 is 0 Å². The van der Waals surface area contributed by atoms with Gasteiger partial charge in [-0.1, -0.05) is 23.7 Å². The molecule has 3 rings (SSSR count). The maximum atomic E-state index is 13.0. The van der Waals surface area contributed by atoms with Gasteiger partial charge in [0.2, 0.25) is 11.8 Å². The van der Waals surface area contributed by atoms with Gasteiger partial charge in [0.1, 0.15) is 11.6 Å². The van der Waals surface area contributed by atoms with Crippen LogP contribution in [-0.4, -0.2) is 36.9 Å². The van der Waals surface area contributed by atoms with Gasteiger partial charge in [-0.25, -0.2) is 4.39 Å². The summed E-state index contributed by atoms with van der Waals surface area (Å²) < 4.78 is 18.4. The zero-order chi connectivity index (χ0) is 21.0. The molecule has 0 aromatic heterocycles. The van der Waals surface area contributed by atoms with Gasteiger partial charge in [0, 0.05) is 24.2 Å². The Morgan fingerprint density at radius 2 is 2.00 bits per heavy atom. The molecule has 1 saturated heterocycles. The summed E-state index contributed by atoms with van der Waals surface area (Å²) in [5.74, 6) is -0.349. The number of carbonyl (C=O) groups is 2. The lowest BCUT2D eigenvalue weighted by molar-refractivity contribution is -0.133. The maximum Gasteiger partial charge on any atom is 0.229 e. The lowest BCUT2D eigenvalue weighted by Crippen LogP contribution is -2.44. The second kappa shape index (κ2) is 9.27. The fraction of sp³-hybridized carbons (Fsp3) is 0.364. The van der Waals surface area contributed by atoms with Crippen LogP contribution < -0.4 is 10.1 Å². The normalized spacial score (nSPS) is 16.4. The van der Waals surface area contributed by atoms with E-state index in [9.17, 15) is 14.0 Å². The molecule has 1 heterocycles. The van der Waals surface area contributed by atoms with Crippen LogP contribution in [0.3, 0.4) is 0 Å². The highest BCUT2D eigenvalue weighted by Crippen LogP contribution is 2.31. The quantitative estimate of drug-likeness (QED) is 0.791. The Balaban J connectivity index is 1.64. The van der Waals surface area contributed by atoms with E-state index in [0.29, 0.717) is 36.0 Å². The van der Waals surface area contributed by atoms with Crippen molar-refractivity contribution in [3.8, 4) is 5.75 Å². The summed E-state index contributed by atoms with van der Waals surface area (Å²) in [4.78, 5) is 27.2. The van der Waals surface area contributed by atoms with Crippen LogP contribution in [0.4, 0.5) is 10.1 Å². The minimum absolute atomic E-state index is 0.0611. The highest BCUT2D eigenvalue weighted by molar-refractivity contribution is 6.31. The van der Waals surface area contributed by atoms with Crippen molar-refractivity contribution in [1.82, 2.24) is 4.90 Å². The third kappa shape index (κ3) is 5.26. The molecule has 1 fully saturated rings. The van der Waals surface area contributed by atoms with Crippen LogP contribution >= 0.6 is 11.6 Å². The van der Waals surface area contributed by atoms with Crippen molar-refractivity contribution in [2.75, 3.05) is 25.5 Å². The number of carbonyl (C=O) groups excluding carboxylic acids is 2. The third-order valence-corrected chi connectivity index (χ3v) is 5.56. The summed E-state index contributed by atoms with van der Waals surface area (Å²) in [6.45, 7) is 2.84. The number of halogens is 2. The average molecular weight is 419 g/mol. The summed E-state index contributed by atoms with van der Waals surface area (Å²) in [7, 11) is 1.52. The number of benzene rings is 2. The minimum Gasteiger partial charge on any atom is -0.495 e. The summed E-state index contributed by atoms with van der Waals surface area (Å²) >= 11 is 6.12. The van der Waals surface area contributed by atoms with Crippen molar-refractivity contribution < 1.29 is 18.7 Å². The molecule has 2 aromatic carbocycles. The molecule has 0 bridgehead atoms. The number of hydrogen-bond donors (Lipinski definition) is 1. The number of amides is 2. The number of methoxy groups -OCH3 is 1. The SMILES string of the molecule is COc1cc(Cl)c(C)cc1NC(=O)C1CCCN(C(=O)Cc2ccc(F)cc2)C1. The zero-order valence-electron chi connectivity index (χ0n) is 16.5. The molecule has 2 amide bonds. The van der Waals surface area contributed by atoms with Crippen LogP contribution in [0.25, 0.3) is 0 Å².